The third kappa shape index (κ3) is 2.55. The molecule has 0 atom stereocenters. The molecular formula is C16H15NO2. The summed E-state index contributed by atoms with van der Waals surface area (Å²) in [5.74, 6) is 0.875. The molecule has 0 aliphatic rings. The van der Waals surface area contributed by atoms with E-state index in [9.17, 15) is 5.11 Å². The Bertz CT molecular complexity index is 716. The maximum Gasteiger partial charge on any atom is 0.128 e. The Labute approximate surface area is 111 Å². The second-order valence-electron chi connectivity index (χ2n) is 4.67. The molecule has 0 radical (unpaired) electrons. The predicted molar refractivity (Wildman–Crippen MR) is 75.5 cm³/mol. The van der Waals surface area contributed by atoms with Crippen molar-refractivity contribution < 1.29 is 9.84 Å². The molecule has 3 heteroatoms. The zero-order valence-electron chi connectivity index (χ0n) is 10.7. The molecule has 2 aromatic carbocycles. The molecule has 96 valence electrons. The SMILES string of the molecule is Cc1ccc2cc(COc3cccc(O)c3)[nH]c2c1. The lowest BCUT2D eigenvalue weighted by molar-refractivity contribution is 0.300. The summed E-state index contributed by atoms with van der Waals surface area (Å²) in [5.41, 5.74) is 3.37. The highest BCUT2D eigenvalue weighted by Gasteiger charge is 2.02. The molecule has 0 saturated carbocycles. The van der Waals surface area contributed by atoms with Gasteiger partial charge in [-0.15, -0.1) is 0 Å². The molecule has 0 aliphatic heterocycles. The van der Waals surface area contributed by atoms with Crippen molar-refractivity contribution in [2.24, 2.45) is 0 Å². The van der Waals surface area contributed by atoms with Gasteiger partial charge in [-0.1, -0.05) is 18.2 Å². The summed E-state index contributed by atoms with van der Waals surface area (Å²) in [7, 11) is 0. The Kier molecular flexibility index (Phi) is 2.88. The fourth-order valence-corrected chi connectivity index (χ4v) is 2.11. The topological polar surface area (TPSA) is 45.2 Å². The first kappa shape index (κ1) is 11.7. The maximum absolute atomic E-state index is 9.37. The number of benzene rings is 2. The smallest absolute Gasteiger partial charge is 0.128 e. The van der Waals surface area contributed by atoms with Crippen molar-refractivity contribution in [2.45, 2.75) is 13.5 Å². The standard InChI is InChI=1S/C16H15NO2/c1-11-5-6-12-8-13(17-16(12)7-11)10-19-15-4-2-3-14(18)9-15/h2-9,17-18H,10H2,1H3. The summed E-state index contributed by atoms with van der Waals surface area (Å²) in [6.07, 6.45) is 0. The zero-order valence-corrected chi connectivity index (χ0v) is 10.7. The molecule has 0 spiro atoms. The number of H-pyrrole nitrogens is 1. The van der Waals surface area contributed by atoms with Crippen LogP contribution in [-0.2, 0) is 6.61 Å². The second kappa shape index (κ2) is 4.69. The van der Waals surface area contributed by atoms with E-state index >= 15 is 0 Å². The van der Waals surface area contributed by atoms with E-state index < -0.39 is 0 Å². The lowest BCUT2D eigenvalue weighted by Gasteiger charge is -2.04. The van der Waals surface area contributed by atoms with Crippen LogP contribution < -0.4 is 4.74 Å². The molecule has 0 aliphatic carbocycles. The zero-order chi connectivity index (χ0) is 13.2. The Morgan fingerprint density at radius 2 is 2.00 bits per heavy atom. The van der Waals surface area contributed by atoms with Crippen molar-refractivity contribution in [1.29, 1.82) is 0 Å². The minimum Gasteiger partial charge on any atom is -0.508 e. The lowest BCUT2D eigenvalue weighted by Crippen LogP contribution is -1.94. The van der Waals surface area contributed by atoms with Crippen LogP contribution in [0.25, 0.3) is 10.9 Å². The number of aromatic amines is 1. The Balaban J connectivity index is 1.78. The van der Waals surface area contributed by atoms with Gasteiger partial charge in [-0.25, -0.2) is 0 Å². The lowest BCUT2D eigenvalue weighted by atomic mass is 10.2. The predicted octanol–water partition coefficient (Wildman–Crippen LogP) is 3.76. The highest BCUT2D eigenvalue weighted by molar-refractivity contribution is 5.80. The van der Waals surface area contributed by atoms with Gasteiger partial charge < -0.3 is 14.8 Å². The Morgan fingerprint density at radius 1 is 1.11 bits per heavy atom. The van der Waals surface area contributed by atoms with Crippen LogP contribution in [0.2, 0.25) is 0 Å². The summed E-state index contributed by atoms with van der Waals surface area (Å²) in [6, 6.07) is 15.2. The minimum atomic E-state index is 0.213. The molecular weight excluding hydrogens is 238 g/mol. The number of rotatable bonds is 3. The van der Waals surface area contributed by atoms with Crippen LogP contribution in [0, 0.1) is 6.92 Å². The van der Waals surface area contributed by atoms with Gasteiger partial charge in [0.05, 0.1) is 5.69 Å². The molecule has 0 amide bonds. The van der Waals surface area contributed by atoms with Crippen molar-refractivity contribution in [1.82, 2.24) is 4.98 Å². The molecule has 3 nitrogen and oxygen atoms in total. The van der Waals surface area contributed by atoms with Crippen LogP contribution in [0.5, 0.6) is 11.5 Å². The van der Waals surface area contributed by atoms with E-state index in [1.807, 2.05) is 6.07 Å². The highest BCUT2D eigenvalue weighted by atomic mass is 16.5. The molecule has 3 rings (SSSR count). The number of phenolic OH excluding ortho intramolecular Hbond substituents is 1. The van der Waals surface area contributed by atoms with E-state index in [2.05, 4.69) is 36.2 Å². The fourth-order valence-electron chi connectivity index (χ4n) is 2.11. The van der Waals surface area contributed by atoms with E-state index in [4.69, 9.17) is 4.74 Å². The van der Waals surface area contributed by atoms with Gasteiger partial charge in [0.2, 0.25) is 0 Å². The minimum absolute atomic E-state index is 0.213. The van der Waals surface area contributed by atoms with E-state index in [0.717, 1.165) is 11.2 Å². The van der Waals surface area contributed by atoms with Crippen LogP contribution >= 0.6 is 0 Å². The number of hydrogen-bond acceptors (Lipinski definition) is 2. The van der Waals surface area contributed by atoms with Crippen molar-refractivity contribution in [3.8, 4) is 11.5 Å². The molecule has 1 heterocycles. The van der Waals surface area contributed by atoms with Crippen LogP contribution in [0.1, 0.15) is 11.3 Å². The summed E-state index contributed by atoms with van der Waals surface area (Å²) >= 11 is 0. The number of phenols is 1. The third-order valence-electron chi connectivity index (χ3n) is 3.05. The van der Waals surface area contributed by atoms with Crippen LogP contribution in [-0.4, -0.2) is 10.1 Å². The molecule has 19 heavy (non-hydrogen) atoms. The van der Waals surface area contributed by atoms with E-state index in [1.165, 1.54) is 10.9 Å². The fraction of sp³-hybridized carbons (Fsp3) is 0.125. The van der Waals surface area contributed by atoms with Crippen molar-refractivity contribution in [3.63, 3.8) is 0 Å². The first-order valence-electron chi connectivity index (χ1n) is 6.21. The first-order valence-corrected chi connectivity index (χ1v) is 6.21. The number of ether oxygens (including phenoxy) is 1. The van der Waals surface area contributed by atoms with Gasteiger partial charge in [0.1, 0.15) is 18.1 Å². The number of nitrogens with one attached hydrogen (secondary N) is 1. The largest absolute Gasteiger partial charge is 0.508 e. The molecule has 0 saturated heterocycles. The number of aromatic nitrogens is 1. The molecule has 1 aromatic heterocycles. The van der Waals surface area contributed by atoms with Crippen molar-refractivity contribution in [2.75, 3.05) is 0 Å². The highest BCUT2D eigenvalue weighted by Crippen LogP contribution is 2.21. The molecule has 0 unspecified atom stereocenters. The van der Waals surface area contributed by atoms with E-state index in [0.29, 0.717) is 12.4 Å². The molecule has 0 bridgehead atoms. The van der Waals surface area contributed by atoms with Gasteiger partial charge in [0, 0.05) is 11.6 Å². The summed E-state index contributed by atoms with van der Waals surface area (Å²) in [4.78, 5) is 3.33. The number of fused-ring (bicyclic) bond motifs is 1. The monoisotopic (exact) mass is 253 g/mol. The normalized spacial score (nSPS) is 10.8. The quantitative estimate of drug-likeness (QED) is 0.746. The van der Waals surface area contributed by atoms with Gasteiger partial charge >= 0.3 is 0 Å². The molecule has 3 aromatic rings. The van der Waals surface area contributed by atoms with Crippen LogP contribution in [0.15, 0.2) is 48.5 Å². The van der Waals surface area contributed by atoms with Gasteiger partial charge in [0.15, 0.2) is 0 Å². The molecule has 2 N–H and O–H groups in total. The average molecular weight is 253 g/mol. The third-order valence-corrected chi connectivity index (χ3v) is 3.05. The average Bonchev–Trinajstić information content (AvgIpc) is 2.78. The molecule has 0 fully saturated rings. The summed E-state index contributed by atoms with van der Waals surface area (Å²) in [6.45, 7) is 2.53. The summed E-state index contributed by atoms with van der Waals surface area (Å²) in [5, 5.41) is 10.5. The van der Waals surface area contributed by atoms with Gasteiger partial charge in [-0.3, -0.25) is 0 Å². The number of hydrogen-bond donors (Lipinski definition) is 2. The Hall–Kier alpha value is -2.42. The van der Waals surface area contributed by atoms with Crippen molar-refractivity contribution >= 4 is 10.9 Å². The number of aromatic hydroxyl groups is 1. The van der Waals surface area contributed by atoms with Gasteiger partial charge in [-0.05, 0) is 42.1 Å². The first-order chi connectivity index (χ1) is 9.20. The second-order valence-corrected chi connectivity index (χ2v) is 4.67. The number of aryl methyl sites for hydroxylation is 1. The maximum atomic E-state index is 9.37. The Morgan fingerprint density at radius 3 is 2.84 bits per heavy atom. The summed E-state index contributed by atoms with van der Waals surface area (Å²) < 4.78 is 5.64. The van der Waals surface area contributed by atoms with Gasteiger partial charge in [-0.2, -0.15) is 0 Å². The van der Waals surface area contributed by atoms with Gasteiger partial charge in [0.25, 0.3) is 0 Å². The van der Waals surface area contributed by atoms with E-state index in [-0.39, 0.29) is 5.75 Å². The van der Waals surface area contributed by atoms with E-state index in [1.54, 1.807) is 18.2 Å². The van der Waals surface area contributed by atoms with Crippen LogP contribution in [0.4, 0.5) is 0 Å². The van der Waals surface area contributed by atoms with Crippen molar-refractivity contribution in [3.05, 3.63) is 59.8 Å². The van der Waals surface area contributed by atoms with Crippen LogP contribution in [0.3, 0.4) is 0 Å².